The zero-order valence-electron chi connectivity index (χ0n) is 15.1. The summed E-state index contributed by atoms with van der Waals surface area (Å²) in [5, 5.41) is 12.1. The summed E-state index contributed by atoms with van der Waals surface area (Å²) in [6.07, 6.45) is 5.67. The number of hydrogen-bond donors (Lipinski definition) is 2. The number of nitriles is 1. The second-order valence-corrected chi connectivity index (χ2v) is 6.99. The van der Waals surface area contributed by atoms with E-state index in [9.17, 15) is 14.9 Å². The van der Waals surface area contributed by atoms with Gasteiger partial charge in [0.05, 0.1) is 23.8 Å². The molecule has 1 amide bonds. The number of nitrogens with zero attached hydrogens (tertiary/aromatic N) is 3. The molecule has 2 aliphatic heterocycles. The van der Waals surface area contributed by atoms with Gasteiger partial charge >= 0.3 is 0 Å². The van der Waals surface area contributed by atoms with E-state index in [0.717, 1.165) is 32.2 Å². The summed E-state index contributed by atoms with van der Waals surface area (Å²) in [5.41, 5.74) is -0.0815. The second kappa shape index (κ2) is 6.91. The van der Waals surface area contributed by atoms with Crippen molar-refractivity contribution in [2.75, 3.05) is 16.8 Å². The van der Waals surface area contributed by atoms with Gasteiger partial charge in [-0.3, -0.25) is 14.6 Å². The molecule has 8 heteroatoms. The van der Waals surface area contributed by atoms with E-state index in [1.54, 1.807) is 12.1 Å². The fourth-order valence-corrected chi connectivity index (χ4v) is 4.11. The van der Waals surface area contributed by atoms with Crippen molar-refractivity contribution in [3.05, 3.63) is 40.1 Å². The molecular formula is C19H21N5O3. The third-order valence-electron chi connectivity index (χ3n) is 5.47. The Morgan fingerprint density at radius 2 is 2.26 bits per heavy atom. The molecule has 2 aliphatic rings. The first-order valence-electron chi connectivity index (χ1n) is 9.28. The first-order chi connectivity index (χ1) is 13.1. The average Bonchev–Trinajstić information content (AvgIpc) is 3.21. The number of rotatable bonds is 3. The summed E-state index contributed by atoms with van der Waals surface area (Å²) in [5.74, 6) is -1.20. The Kier molecular flexibility index (Phi) is 4.44. The summed E-state index contributed by atoms with van der Waals surface area (Å²) < 4.78 is 5.42. The molecule has 1 fully saturated rings. The van der Waals surface area contributed by atoms with Crippen LogP contribution in [0.15, 0.2) is 27.6 Å². The maximum absolute atomic E-state index is 13.0. The maximum atomic E-state index is 13.0. The van der Waals surface area contributed by atoms with Crippen LogP contribution in [0.25, 0.3) is 0 Å². The molecule has 4 heterocycles. The van der Waals surface area contributed by atoms with Crippen LogP contribution < -0.4 is 15.8 Å². The average molecular weight is 367 g/mol. The summed E-state index contributed by atoms with van der Waals surface area (Å²) >= 11 is 0. The van der Waals surface area contributed by atoms with Crippen molar-refractivity contribution in [2.24, 2.45) is 5.92 Å². The molecule has 0 saturated carbocycles. The predicted octanol–water partition coefficient (Wildman–Crippen LogP) is 2.36. The quantitative estimate of drug-likeness (QED) is 0.860. The Balaban J connectivity index is 1.83. The Morgan fingerprint density at radius 3 is 2.96 bits per heavy atom. The van der Waals surface area contributed by atoms with Gasteiger partial charge in [0, 0.05) is 12.6 Å². The van der Waals surface area contributed by atoms with E-state index in [0.29, 0.717) is 17.8 Å². The lowest BCUT2D eigenvalue weighted by atomic mass is 9.82. The van der Waals surface area contributed by atoms with E-state index >= 15 is 0 Å². The SMILES string of the molecule is CCC1CCCCN1c1nc2c(c(=O)[nH]1)C(c1ccco1)C(C#N)C(=O)N2. The summed E-state index contributed by atoms with van der Waals surface area (Å²) in [7, 11) is 0. The monoisotopic (exact) mass is 367 g/mol. The molecule has 8 nitrogen and oxygen atoms in total. The lowest BCUT2D eigenvalue weighted by Crippen LogP contribution is -2.43. The predicted molar refractivity (Wildman–Crippen MR) is 98.4 cm³/mol. The number of furan rings is 1. The number of fused-ring (bicyclic) bond motifs is 1. The van der Waals surface area contributed by atoms with E-state index < -0.39 is 17.7 Å². The molecule has 0 radical (unpaired) electrons. The molecule has 27 heavy (non-hydrogen) atoms. The van der Waals surface area contributed by atoms with Gasteiger partial charge in [-0.1, -0.05) is 6.92 Å². The van der Waals surface area contributed by atoms with Gasteiger partial charge in [-0.25, -0.2) is 0 Å². The molecule has 2 aromatic rings. The summed E-state index contributed by atoms with van der Waals surface area (Å²) in [4.78, 5) is 35.0. The molecule has 3 atom stereocenters. The van der Waals surface area contributed by atoms with E-state index in [1.165, 1.54) is 6.26 Å². The zero-order valence-corrected chi connectivity index (χ0v) is 15.1. The highest BCUT2D eigenvalue weighted by molar-refractivity contribution is 5.97. The number of nitrogens with one attached hydrogen (secondary N) is 2. The van der Waals surface area contributed by atoms with Crippen LogP contribution in [-0.2, 0) is 4.79 Å². The molecule has 0 aliphatic carbocycles. The number of aromatic amines is 1. The minimum absolute atomic E-state index is 0.215. The lowest BCUT2D eigenvalue weighted by molar-refractivity contribution is -0.119. The molecule has 0 aromatic carbocycles. The lowest BCUT2D eigenvalue weighted by Gasteiger charge is -2.36. The zero-order chi connectivity index (χ0) is 19.0. The largest absolute Gasteiger partial charge is 0.469 e. The van der Waals surface area contributed by atoms with Crippen molar-refractivity contribution in [3.8, 4) is 6.07 Å². The maximum Gasteiger partial charge on any atom is 0.258 e. The normalized spacial score (nSPS) is 24.8. The number of H-pyrrole nitrogens is 1. The van der Waals surface area contributed by atoms with Crippen LogP contribution in [0.2, 0.25) is 0 Å². The number of aromatic nitrogens is 2. The number of carbonyl (C=O) groups excluding carboxylic acids is 1. The van der Waals surface area contributed by atoms with Crippen molar-refractivity contribution in [2.45, 2.75) is 44.6 Å². The topological polar surface area (TPSA) is 115 Å². The number of amides is 1. The molecule has 2 aromatic heterocycles. The standard InChI is InChI=1S/C19H21N5O3/c1-2-11-6-3-4-8-24(11)19-22-16-15(18(26)23-19)14(13-7-5-9-27-13)12(10-20)17(25)21-16/h5,7,9,11-12,14H,2-4,6,8H2,1H3,(H2,21,22,23,25,26). The van der Waals surface area contributed by atoms with E-state index in [1.807, 2.05) is 6.07 Å². The smallest absolute Gasteiger partial charge is 0.258 e. The molecule has 1 saturated heterocycles. The van der Waals surface area contributed by atoms with Crippen molar-refractivity contribution in [1.29, 1.82) is 5.26 Å². The number of carbonyl (C=O) groups is 1. The van der Waals surface area contributed by atoms with E-state index in [-0.39, 0.29) is 16.9 Å². The molecule has 140 valence electrons. The molecular weight excluding hydrogens is 346 g/mol. The third-order valence-corrected chi connectivity index (χ3v) is 5.47. The summed E-state index contributed by atoms with van der Waals surface area (Å²) in [6.45, 7) is 2.93. The van der Waals surface area contributed by atoms with Crippen LogP contribution in [0.4, 0.5) is 11.8 Å². The Labute approximate surface area is 156 Å². The van der Waals surface area contributed by atoms with Crippen LogP contribution >= 0.6 is 0 Å². The van der Waals surface area contributed by atoms with Crippen LogP contribution in [0, 0.1) is 17.2 Å². The number of hydrogen-bond acceptors (Lipinski definition) is 6. The van der Waals surface area contributed by atoms with Crippen LogP contribution in [0.3, 0.4) is 0 Å². The van der Waals surface area contributed by atoms with Gasteiger partial charge in [-0.15, -0.1) is 0 Å². The van der Waals surface area contributed by atoms with Crippen LogP contribution in [0.5, 0.6) is 0 Å². The van der Waals surface area contributed by atoms with Gasteiger partial charge in [0.25, 0.3) is 5.56 Å². The fourth-order valence-electron chi connectivity index (χ4n) is 4.11. The Hall–Kier alpha value is -3.08. The Morgan fingerprint density at radius 1 is 1.41 bits per heavy atom. The van der Waals surface area contributed by atoms with Crippen molar-refractivity contribution < 1.29 is 9.21 Å². The minimum atomic E-state index is -1.05. The highest BCUT2D eigenvalue weighted by Gasteiger charge is 2.42. The molecule has 0 spiro atoms. The minimum Gasteiger partial charge on any atom is -0.469 e. The summed E-state index contributed by atoms with van der Waals surface area (Å²) in [6, 6.07) is 5.64. The molecule has 3 unspecified atom stereocenters. The highest BCUT2D eigenvalue weighted by atomic mass is 16.3. The number of anilines is 2. The van der Waals surface area contributed by atoms with Gasteiger partial charge in [-0.05, 0) is 37.8 Å². The van der Waals surface area contributed by atoms with Gasteiger partial charge in [0.2, 0.25) is 11.9 Å². The Bertz CT molecular complexity index is 943. The fraction of sp³-hybridized carbons (Fsp3) is 0.474. The van der Waals surface area contributed by atoms with Crippen LogP contribution in [0.1, 0.15) is 49.8 Å². The second-order valence-electron chi connectivity index (χ2n) is 6.99. The molecule has 0 bridgehead atoms. The first-order valence-corrected chi connectivity index (χ1v) is 9.28. The van der Waals surface area contributed by atoms with Crippen molar-refractivity contribution >= 4 is 17.7 Å². The number of piperidine rings is 1. The van der Waals surface area contributed by atoms with E-state index in [4.69, 9.17) is 4.42 Å². The van der Waals surface area contributed by atoms with Gasteiger partial charge in [0.15, 0.2) is 0 Å². The van der Waals surface area contributed by atoms with Gasteiger partial charge in [0.1, 0.15) is 17.5 Å². The molecule has 2 N–H and O–H groups in total. The molecule has 4 rings (SSSR count). The first kappa shape index (κ1) is 17.3. The van der Waals surface area contributed by atoms with Gasteiger partial charge in [-0.2, -0.15) is 10.2 Å². The highest BCUT2D eigenvalue weighted by Crippen LogP contribution is 2.38. The third kappa shape index (κ3) is 2.89. The van der Waals surface area contributed by atoms with Gasteiger partial charge < -0.3 is 14.6 Å². The van der Waals surface area contributed by atoms with Crippen molar-refractivity contribution in [1.82, 2.24) is 9.97 Å². The van der Waals surface area contributed by atoms with E-state index in [2.05, 4.69) is 27.1 Å². The van der Waals surface area contributed by atoms with Crippen molar-refractivity contribution in [3.63, 3.8) is 0 Å². The van der Waals surface area contributed by atoms with Crippen LogP contribution in [-0.4, -0.2) is 28.5 Å².